The van der Waals surface area contributed by atoms with Gasteiger partial charge in [-0.3, -0.25) is 14.4 Å². The summed E-state index contributed by atoms with van der Waals surface area (Å²) in [5.74, 6) is -0.979. The molecule has 0 spiro atoms. The number of carbonyl (C=O) groups is 3. The van der Waals surface area contributed by atoms with E-state index < -0.39 is 6.10 Å². The quantitative estimate of drug-likeness (QED) is 0.0262. The number of carbonyl (C=O) groups excluding carboxylic acids is 3. The van der Waals surface area contributed by atoms with E-state index in [-0.39, 0.29) is 37.5 Å². The van der Waals surface area contributed by atoms with Gasteiger partial charge in [0.05, 0.1) is 0 Å². The van der Waals surface area contributed by atoms with Gasteiger partial charge in [0.15, 0.2) is 6.10 Å². The van der Waals surface area contributed by atoms with Gasteiger partial charge < -0.3 is 14.2 Å². The maximum atomic E-state index is 12.8. The van der Waals surface area contributed by atoms with Crippen LogP contribution in [-0.2, 0) is 28.6 Å². The van der Waals surface area contributed by atoms with Crippen LogP contribution < -0.4 is 0 Å². The van der Waals surface area contributed by atoms with Gasteiger partial charge in [0.1, 0.15) is 13.2 Å². The Labute approximate surface area is 415 Å². The molecule has 0 aromatic rings. The van der Waals surface area contributed by atoms with Crippen molar-refractivity contribution < 1.29 is 28.6 Å². The van der Waals surface area contributed by atoms with E-state index in [4.69, 9.17) is 14.2 Å². The summed E-state index contributed by atoms with van der Waals surface area (Å²) < 4.78 is 16.8. The van der Waals surface area contributed by atoms with Crippen LogP contribution in [-0.4, -0.2) is 37.2 Å². The molecular weight excluding hydrogens is 829 g/mol. The summed E-state index contributed by atoms with van der Waals surface area (Å²) >= 11 is 0. The Morgan fingerprint density at radius 1 is 0.313 bits per heavy atom. The van der Waals surface area contributed by atoms with Crippen molar-refractivity contribution in [1.82, 2.24) is 0 Å². The van der Waals surface area contributed by atoms with Crippen LogP contribution in [0.4, 0.5) is 0 Å². The molecule has 6 nitrogen and oxygen atoms in total. The molecule has 0 saturated heterocycles. The van der Waals surface area contributed by atoms with Crippen molar-refractivity contribution in [3.63, 3.8) is 0 Å². The maximum Gasteiger partial charge on any atom is 0.306 e. The molecule has 388 valence electrons. The second-order valence-corrected chi connectivity index (χ2v) is 19.2. The van der Waals surface area contributed by atoms with E-state index >= 15 is 0 Å². The van der Waals surface area contributed by atoms with Crippen LogP contribution in [0.25, 0.3) is 0 Å². The molecule has 0 rings (SSSR count). The molecule has 0 aromatic carbocycles. The molecule has 0 heterocycles. The second-order valence-electron chi connectivity index (χ2n) is 19.2. The van der Waals surface area contributed by atoms with Crippen LogP contribution in [0.15, 0.2) is 60.8 Å². The predicted molar refractivity (Wildman–Crippen MR) is 288 cm³/mol. The Morgan fingerprint density at radius 3 is 1.00 bits per heavy atom. The summed E-state index contributed by atoms with van der Waals surface area (Å²) in [6, 6.07) is 0. The van der Waals surface area contributed by atoms with Gasteiger partial charge in [-0.2, -0.15) is 0 Å². The first-order valence-electron chi connectivity index (χ1n) is 28.8. The molecule has 1 atom stereocenters. The number of esters is 3. The number of hydrogen-bond acceptors (Lipinski definition) is 6. The van der Waals surface area contributed by atoms with E-state index in [1.807, 2.05) is 6.08 Å². The Balaban J connectivity index is 4.38. The molecule has 6 heteroatoms. The zero-order chi connectivity index (χ0) is 48.6. The van der Waals surface area contributed by atoms with Crippen molar-refractivity contribution in [2.24, 2.45) is 0 Å². The van der Waals surface area contributed by atoms with Crippen LogP contribution in [0.1, 0.15) is 290 Å². The van der Waals surface area contributed by atoms with Gasteiger partial charge >= 0.3 is 17.9 Å². The molecule has 0 aliphatic heterocycles. The highest BCUT2D eigenvalue weighted by atomic mass is 16.6. The summed E-state index contributed by atoms with van der Waals surface area (Å²) in [6.45, 7) is 6.48. The lowest BCUT2D eigenvalue weighted by Gasteiger charge is -2.18. The van der Waals surface area contributed by atoms with Crippen molar-refractivity contribution in [2.45, 2.75) is 297 Å². The number of ether oxygens (including phenoxy) is 3. The van der Waals surface area contributed by atoms with Gasteiger partial charge in [-0.1, -0.05) is 261 Å². The fraction of sp³-hybridized carbons (Fsp3) is 0.787. The molecule has 0 N–H and O–H groups in total. The normalized spacial score (nSPS) is 12.5. The van der Waals surface area contributed by atoms with Gasteiger partial charge in [-0.15, -0.1) is 0 Å². The third kappa shape index (κ3) is 53.9. The van der Waals surface area contributed by atoms with Crippen LogP contribution >= 0.6 is 0 Å². The largest absolute Gasteiger partial charge is 0.462 e. The molecule has 0 fully saturated rings. The summed E-state index contributed by atoms with van der Waals surface area (Å²) in [5.41, 5.74) is 0. The third-order valence-corrected chi connectivity index (χ3v) is 12.5. The first kappa shape index (κ1) is 64.1. The zero-order valence-electron chi connectivity index (χ0n) is 44.4. The van der Waals surface area contributed by atoms with Gasteiger partial charge in [0, 0.05) is 19.3 Å². The lowest BCUT2D eigenvalue weighted by atomic mass is 10.0. The third-order valence-electron chi connectivity index (χ3n) is 12.5. The van der Waals surface area contributed by atoms with Crippen molar-refractivity contribution in [1.29, 1.82) is 0 Å². The van der Waals surface area contributed by atoms with Crippen LogP contribution in [0.2, 0.25) is 0 Å². The molecule has 0 amide bonds. The smallest absolute Gasteiger partial charge is 0.306 e. The Bertz CT molecular complexity index is 1210. The Hall–Kier alpha value is -2.89. The van der Waals surface area contributed by atoms with Gasteiger partial charge in [0.2, 0.25) is 0 Å². The SMILES string of the molecule is CC/C=C\C/C=C\C/C=C\C/C=C\CCC(=O)OCC(COC(=O)CCCCCCCCCCCCCCCCCCCCCC)OC(=O)CCCCCCC/C=C\CCCCCCCCC. The molecule has 0 radical (unpaired) electrons. The van der Waals surface area contributed by atoms with E-state index in [9.17, 15) is 14.4 Å². The fourth-order valence-electron chi connectivity index (χ4n) is 8.22. The molecule has 0 aromatic heterocycles. The Kier molecular flexibility index (Phi) is 53.3. The van der Waals surface area contributed by atoms with E-state index in [2.05, 4.69) is 75.5 Å². The van der Waals surface area contributed by atoms with Crippen LogP contribution in [0, 0.1) is 0 Å². The molecule has 0 aliphatic rings. The second kappa shape index (κ2) is 55.7. The average molecular weight is 938 g/mol. The van der Waals surface area contributed by atoms with Crippen LogP contribution in [0.5, 0.6) is 0 Å². The summed E-state index contributed by atoms with van der Waals surface area (Å²) in [7, 11) is 0. The first-order chi connectivity index (χ1) is 33.0. The summed E-state index contributed by atoms with van der Waals surface area (Å²) in [6.07, 6.45) is 69.5. The van der Waals surface area contributed by atoms with E-state index in [1.54, 1.807) is 0 Å². The minimum Gasteiger partial charge on any atom is -0.462 e. The molecular formula is C61H108O6. The molecule has 0 aliphatic carbocycles. The lowest BCUT2D eigenvalue weighted by Crippen LogP contribution is -2.30. The zero-order valence-corrected chi connectivity index (χ0v) is 44.4. The van der Waals surface area contributed by atoms with E-state index in [0.717, 1.165) is 77.0 Å². The van der Waals surface area contributed by atoms with Crippen molar-refractivity contribution in [2.75, 3.05) is 13.2 Å². The van der Waals surface area contributed by atoms with Gasteiger partial charge in [0.25, 0.3) is 0 Å². The highest BCUT2D eigenvalue weighted by Crippen LogP contribution is 2.16. The topological polar surface area (TPSA) is 78.9 Å². The standard InChI is InChI=1S/C61H108O6/c1-4-7-10-13-16-19-22-25-27-29-30-31-32-34-36-39-42-45-48-51-54-60(63)66-57-58(56-65-59(62)53-50-47-44-41-38-35-24-21-18-15-12-9-6-3)67-61(64)55-52-49-46-43-40-37-33-28-26-23-20-17-14-11-8-5-2/h9,12,18,21,28,33,35,38,44,47,58H,4-8,10-11,13-17,19-20,22-27,29-32,34,36-37,39-43,45-46,48-57H2,1-3H3/b12-9-,21-18-,33-28-,38-35-,47-44-. The fourth-order valence-corrected chi connectivity index (χ4v) is 8.22. The minimum atomic E-state index is -0.805. The van der Waals surface area contributed by atoms with E-state index in [1.165, 1.54) is 167 Å². The van der Waals surface area contributed by atoms with Crippen molar-refractivity contribution >= 4 is 17.9 Å². The van der Waals surface area contributed by atoms with Crippen molar-refractivity contribution in [3.05, 3.63) is 60.8 Å². The lowest BCUT2D eigenvalue weighted by molar-refractivity contribution is -0.166. The molecule has 67 heavy (non-hydrogen) atoms. The monoisotopic (exact) mass is 937 g/mol. The number of rotatable bonds is 52. The highest BCUT2D eigenvalue weighted by molar-refractivity contribution is 5.71. The Morgan fingerprint density at radius 2 is 0.612 bits per heavy atom. The van der Waals surface area contributed by atoms with Crippen molar-refractivity contribution in [3.8, 4) is 0 Å². The molecule has 0 bridgehead atoms. The maximum absolute atomic E-state index is 12.8. The van der Waals surface area contributed by atoms with Gasteiger partial charge in [-0.05, 0) is 70.6 Å². The first-order valence-corrected chi connectivity index (χ1v) is 28.8. The summed E-state index contributed by atoms with van der Waals surface area (Å²) in [5, 5.41) is 0. The molecule has 0 saturated carbocycles. The summed E-state index contributed by atoms with van der Waals surface area (Å²) in [4.78, 5) is 38.1. The highest BCUT2D eigenvalue weighted by Gasteiger charge is 2.19. The number of unbranched alkanes of at least 4 members (excludes halogenated alkanes) is 31. The average Bonchev–Trinajstić information content (AvgIpc) is 3.33. The van der Waals surface area contributed by atoms with Gasteiger partial charge in [-0.25, -0.2) is 0 Å². The molecule has 1 unspecified atom stereocenters. The predicted octanol–water partition coefficient (Wildman–Crippen LogP) is 19.2. The van der Waals surface area contributed by atoms with E-state index in [0.29, 0.717) is 19.3 Å². The number of hydrogen-bond donors (Lipinski definition) is 0. The van der Waals surface area contributed by atoms with Crippen LogP contribution in [0.3, 0.4) is 0 Å². The minimum absolute atomic E-state index is 0.0968. The number of allylic oxidation sites excluding steroid dienone is 10.